The number of nitrogens with zero attached hydrogens (tertiary/aromatic N) is 1. The third-order valence-corrected chi connectivity index (χ3v) is 2.63. The van der Waals surface area contributed by atoms with Gasteiger partial charge >= 0.3 is 5.97 Å². The molecule has 0 amide bonds. The first-order valence-electron chi connectivity index (χ1n) is 5.25. The van der Waals surface area contributed by atoms with Gasteiger partial charge in [-0.15, -0.1) is 0 Å². The van der Waals surface area contributed by atoms with Crippen molar-refractivity contribution in [2.45, 2.75) is 6.92 Å². The predicted octanol–water partition coefficient (Wildman–Crippen LogP) is 3.17. The molecule has 98 valence electrons. The molecule has 6 heteroatoms. The van der Waals surface area contributed by atoms with Crippen LogP contribution in [0.3, 0.4) is 0 Å². The van der Waals surface area contributed by atoms with Gasteiger partial charge < -0.3 is 5.11 Å². The summed E-state index contributed by atoms with van der Waals surface area (Å²) in [6.45, 7) is 1.56. The molecule has 0 saturated carbocycles. The number of hydrogen-bond acceptors (Lipinski definition) is 2. The molecular weight excluding hydrogens is 259 g/mol. The summed E-state index contributed by atoms with van der Waals surface area (Å²) in [7, 11) is 0. The Morgan fingerprint density at radius 3 is 2.26 bits per heavy atom. The smallest absolute Gasteiger partial charge is 0.337 e. The quantitative estimate of drug-likeness (QED) is 0.850. The van der Waals surface area contributed by atoms with Gasteiger partial charge in [0, 0.05) is 17.5 Å². The van der Waals surface area contributed by atoms with Gasteiger partial charge in [-0.1, -0.05) is 0 Å². The average Bonchev–Trinajstić information content (AvgIpc) is 2.35. The number of carbonyl (C=O) groups is 1. The number of aromatic nitrogens is 1. The minimum absolute atomic E-state index is 0.0319. The van der Waals surface area contributed by atoms with E-state index in [-0.39, 0.29) is 16.7 Å². The van der Waals surface area contributed by atoms with Crippen LogP contribution in [0.25, 0.3) is 11.1 Å². The number of pyridine rings is 1. The first kappa shape index (κ1) is 13.1. The molecule has 0 atom stereocenters. The fourth-order valence-electron chi connectivity index (χ4n) is 1.65. The molecule has 3 nitrogen and oxygen atoms in total. The van der Waals surface area contributed by atoms with Gasteiger partial charge in [-0.05, 0) is 30.7 Å². The highest BCUT2D eigenvalue weighted by Crippen LogP contribution is 2.26. The van der Waals surface area contributed by atoms with Crippen LogP contribution in [0.15, 0.2) is 24.4 Å². The minimum atomic E-state index is -1.57. The molecule has 0 aliphatic carbocycles. The number of hydrogen-bond donors (Lipinski definition) is 1. The summed E-state index contributed by atoms with van der Waals surface area (Å²) in [5.74, 6) is -5.45. The molecule has 0 aliphatic rings. The molecule has 2 rings (SSSR count). The van der Waals surface area contributed by atoms with E-state index in [9.17, 15) is 18.0 Å². The van der Waals surface area contributed by atoms with Crippen molar-refractivity contribution in [1.82, 2.24) is 4.98 Å². The zero-order valence-corrected chi connectivity index (χ0v) is 9.75. The van der Waals surface area contributed by atoms with Gasteiger partial charge in [-0.2, -0.15) is 0 Å². The lowest BCUT2D eigenvalue weighted by molar-refractivity contribution is 0.0696. The molecule has 0 radical (unpaired) electrons. The van der Waals surface area contributed by atoms with Crippen LogP contribution in [-0.4, -0.2) is 16.1 Å². The van der Waals surface area contributed by atoms with E-state index in [1.54, 1.807) is 6.92 Å². The van der Waals surface area contributed by atoms with Crippen molar-refractivity contribution < 1.29 is 23.1 Å². The summed E-state index contributed by atoms with van der Waals surface area (Å²) >= 11 is 0. The Morgan fingerprint density at radius 2 is 1.74 bits per heavy atom. The van der Waals surface area contributed by atoms with E-state index >= 15 is 0 Å². The standard InChI is InChI=1S/C13H8F3NO2/c1-6-9(2-8(5-17-6)13(18)19)7-3-10(14)12(16)11(15)4-7/h2-5H,1H3,(H,18,19). The van der Waals surface area contributed by atoms with Crippen LogP contribution in [0, 0.1) is 24.4 Å². The lowest BCUT2D eigenvalue weighted by atomic mass is 10.0. The van der Waals surface area contributed by atoms with Gasteiger partial charge in [-0.25, -0.2) is 18.0 Å². The number of carboxylic acids is 1. The molecule has 1 aromatic heterocycles. The van der Waals surface area contributed by atoms with E-state index in [2.05, 4.69) is 4.98 Å². The summed E-state index contributed by atoms with van der Waals surface area (Å²) < 4.78 is 39.2. The summed E-state index contributed by atoms with van der Waals surface area (Å²) in [4.78, 5) is 14.7. The van der Waals surface area contributed by atoms with Crippen LogP contribution >= 0.6 is 0 Å². The van der Waals surface area contributed by atoms with Crippen molar-refractivity contribution in [3.63, 3.8) is 0 Å². The monoisotopic (exact) mass is 267 g/mol. The maximum atomic E-state index is 13.2. The van der Waals surface area contributed by atoms with Gasteiger partial charge in [-0.3, -0.25) is 4.98 Å². The molecule has 1 N–H and O–H groups in total. The Bertz CT molecular complexity index is 648. The number of rotatable bonds is 2. The van der Waals surface area contributed by atoms with Crippen molar-refractivity contribution in [1.29, 1.82) is 0 Å². The van der Waals surface area contributed by atoms with Gasteiger partial charge in [0.25, 0.3) is 0 Å². The zero-order chi connectivity index (χ0) is 14.2. The number of halogens is 3. The number of aromatic carboxylic acids is 1. The largest absolute Gasteiger partial charge is 0.478 e. The maximum absolute atomic E-state index is 13.2. The first-order chi connectivity index (χ1) is 8.90. The van der Waals surface area contributed by atoms with Gasteiger partial charge in [0.1, 0.15) is 0 Å². The molecule has 1 heterocycles. The molecule has 19 heavy (non-hydrogen) atoms. The SMILES string of the molecule is Cc1ncc(C(=O)O)cc1-c1cc(F)c(F)c(F)c1. The highest BCUT2D eigenvalue weighted by Gasteiger charge is 2.15. The molecule has 0 unspecified atom stereocenters. The Morgan fingerprint density at radius 1 is 1.16 bits per heavy atom. The normalized spacial score (nSPS) is 10.5. The van der Waals surface area contributed by atoms with Crippen molar-refractivity contribution in [3.05, 3.63) is 53.1 Å². The second-order valence-corrected chi connectivity index (χ2v) is 3.92. The Kier molecular flexibility index (Phi) is 3.25. The van der Waals surface area contributed by atoms with Crippen LogP contribution in [0.5, 0.6) is 0 Å². The number of benzene rings is 1. The van der Waals surface area contributed by atoms with Crippen molar-refractivity contribution in [3.8, 4) is 11.1 Å². The highest BCUT2D eigenvalue weighted by atomic mass is 19.2. The molecule has 2 aromatic rings. The fourth-order valence-corrected chi connectivity index (χ4v) is 1.65. The van der Waals surface area contributed by atoms with Gasteiger partial charge in [0.05, 0.1) is 5.56 Å². The molecule has 0 saturated heterocycles. The third kappa shape index (κ3) is 2.42. The molecule has 0 aliphatic heterocycles. The molecule has 0 bridgehead atoms. The van der Waals surface area contributed by atoms with Crippen molar-refractivity contribution >= 4 is 5.97 Å². The first-order valence-corrected chi connectivity index (χ1v) is 5.25. The Balaban J connectivity index is 2.64. The van der Waals surface area contributed by atoms with Crippen LogP contribution in [0.2, 0.25) is 0 Å². The fraction of sp³-hybridized carbons (Fsp3) is 0.0769. The molecular formula is C13H8F3NO2. The molecule has 0 spiro atoms. The topological polar surface area (TPSA) is 50.2 Å². The van der Waals surface area contributed by atoms with E-state index in [1.807, 2.05) is 0 Å². The lowest BCUT2D eigenvalue weighted by Crippen LogP contribution is -2.00. The minimum Gasteiger partial charge on any atom is -0.478 e. The summed E-state index contributed by atoms with van der Waals surface area (Å²) in [5.41, 5.74) is 0.531. The summed E-state index contributed by atoms with van der Waals surface area (Å²) in [5, 5.41) is 8.85. The van der Waals surface area contributed by atoms with E-state index in [0.29, 0.717) is 5.69 Å². The van der Waals surface area contributed by atoms with Gasteiger partial charge in [0.15, 0.2) is 17.5 Å². The van der Waals surface area contributed by atoms with Crippen LogP contribution in [-0.2, 0) is 0 Å². The Labute approximate surface area is 106 Å². The Hall–Kier alpha value is -2.37. The highest BCUT2D eigenvalue weighted by molar-refractivity contribution is 5.89. The predicted molar refractivity (Wildman–Crippen MR) is 61.2 cm³/mol. The molecule has 0 fully saturated rings. The van der Waals surface area contributed by atoms with Crippen molar-refractivity contribution in [2.24, 2.45) is 0 Å². The van der Waals surface area contributed by atoms with E-state index < -0.39 is 23.4 Å². The number of aryl methyl sites for hydroxylation is 1. The average molecular weight is 267 g/mol. The van der Waals surface area contributed by atoms with Crippen molar-refractivity contribution in [2.75, 3.05) is 0 Å². The zero-order valence-electron chi connectivity index (χ0n) is 9.75. The van der Waals surface area contributed by atoms with Gasteiger partial charge in [0.2, 0.25) is 0 Å². The van der Waals surface area contributed by atoms with Crippen LogP contribution in [0.1, 0.15) is 16.1 Å². The van der Waals surface area contributed by atoms with E-state index in [0.717, 1.165) is 18.3 Å². The maximum Gasteiger partial charge on any atom is 0.337 e. The summed E-state index contributed by atoms with van der Waals surface area (Å²) in [6.07, 6.45) is 1.14. The van der Waals surface area contributed by atoms with E-state index in [4.69, 9.17) is 5.11 Å². The van der Waals surface area contributed by atoms with Crippen LogP contribution in [0.4, 0.5) is 13.2 Å². The third-order valence-electron chi connectivity index (χ3n) is 2.63. The second-order valence-electron chi connectivity index (χ2n) is 3.92. The van der Waals surface area contributed by atoms with Crippen LogP contribution < -0.4 is 0 Å². The second kappa shape index (κ2) is 4.72. The number of carboxylic acid groups (broad SMARTS) is 1. The molecule has 1 aromatic carbocycles. The van der Waals surface area contributed by atoms with E-state index in [1.165, 1.54) is 6.07 Å². The summed E-state index contributed by atoms with van der Waals surface area (Å²) in [6, 6.07) is 2.83. The lowest BCUT2D eigenvalue weighted by Gasteiger charge is -2.07.